The third-order valence-electron chi connectivity index (χ3n) is 5.84. The lowest BCUT2D eigenvalue weighted by Crippen LogP contribution is -2.03. The van der Waals surface area contributed by atoms with E-state index in [1.54, 1.807) is 11.3 Å². The molecule has 0 aliphatic carbocycles. The summed E-state index contributed by atoms with van der Waals surface area (Å²) in [6, 6.07) is 14.4. The van der Waals surface area contributed by atoms with Gasteiger partial charge in [-0.05, 0) is 89.5 Å². The lowest BCUT2D eigenvalue weighted by Gasteiger charge is -2.15. The Morgan fingerprint density at radius 2 is 1.27 bits per heavy atom. The van der Waals surface area contributed by atoms with Crippen molar-refractivity contribution in [2.75, 3.05) is 13.2 Å². The summed E-state index contributed by atoms with van der Waals surface area (Å²) in [6.45, 7) is 5.83. The summed E-state index contributed by atoms with van der Waals surface area (Å²) in [5.41, 5.74) is 2.01. The van der Waals surface area contributed by atoms with Crippen molar-refractivity contribution in [3.8, 4) is 17.6 Å². The van der Waals surface area contributed by atoms with E-state index in [-0.39, 0.29) is 0 Å². The molecule has 2 aromatic heterocycles. The largest absolute Gasteiger partial charge is 0.493 e. The van der Waals surface area contributed by atoms with Crippen LogP contribution in [0.25, 0.3) is 24.3 Å². The summed E-state index contributed by atoms with van der Waals surface area (Å²) in [5, 5.41) is 9.17. The SMILES string of the molecule is CCCCCCOc1cc(/C=C/c2ccc(C#N)s2)c(OCCCCCC)cc1/C=C/c1ccc(Br)s1. The molecule has 0 atom stereocenters. The summed E-state index contributed by atoms with van der Waals surface area (Å²) in [5.74, 6) is 1.72. The summed E-state index contributed by atoms with van der Waals surface area (Å²) >= 11 is 6.74. The van der Waals surface area contributed by atoms with E-state index in [0.717, 1.165) is 44.1 Å². The van der Waals surface area contributed by atoms with Crippen molar-refractivity contribution in [3.63, 3.8) is 0 Å². The Bertz CT molecular complexity index is 1200. The molecule has 0 bridgehead atoms. The molecular formula is C31H36BrNO2S2. The van der Waals surface area contributed by atoms with E-state index < -0.39 is 0 Å². The number of hydrogen-bond acceptors (Lipinski definition) is 5. The third-order valence-corrected chi connectivity index (χ3v) is 8.38. The summed E-state index contributed by atoms with van der Waals surface area (Å²) in [6.07, 6.45) is 17.7. The van der Waals surface area contributed by atoms with Crippen LogP contribution in [0.2, 0.25) is 0 Å². The van der Waals surface area contributed by atoms with Crippen molar-refractivity contribution < 1.29 is 9.47 Å². The minimum atomic E-state index is 0.691. The maximum atomic E-state index is 9.17. The van der Waals surface area contributed by atoms with Crippen LogP contribution in [0.3, 0.4) is 0 Å². The highest BCUT2D eigenvalue weighted by atomic mass is 79.9. The van der Waals surface area contributed by atoms with Gasteiger partial charge in [0, 0.05) is 20.9 Å². The first-order chi connectivity index (χ1) is 18.1. The molecule has 0 spiro atoms. The molecule has 0 saturated carbocycles. The van der Waals surface area contributed by atoms with Gasteiger partial charge < -0.3 is 9.47 Å². The first-order valence-corrected chi connectivity index (χ1v) is 15.6. The monoisotopic (exact) mass is 597 g/mol. The van der Waals surface area contributed by atoms with E-state index in [9.17, 15) is 0 Å². The lowest BCUT2D eigenvalue weighted by atomic mass is 10.1. The lowest BCUT2D eigenvalue weighted by molar-refractivity contribution is 0.296. The van der Waals surface area contributed by atoms with Gasteiger partial charge >= 0.3 is 0 Å². The van der Waals surface area contributed by atoms with Crippen molar-refractivity contribution in [1.82, 2.24) is 0 Å². The summed E-state index contributed by atoms with van der Waals surface area (Å²) < 4.78 is 13.7. The summed E-state index contributed by atoms with van der Waals surface area (Å²) in [7, 11) is 0. The molecule has 1 aromatic carbocycles. The zero-order valence-electron chi connectivity index (χ0n) is 21.8. The number of nitriles is 1. The number of benzene rings is 1. The minimum Gasteiger partial charge on any atom is -0.493 e. The van der Waals surface area contributed by atoms with Crippen molar-refractivity contribution in [2.45, 2.75) is 65.2 Å². The quantitative estimate of drug-likeness (QED) is 0.154. The Kier molecular flexibility index (Phi) is 13.0. The number of hydrogen-bond donors (Lipinski definition) is 0. The average Bonchev–Trinajstić information content (AvgIpc) is 3.55. The van der Waals surface area contributed by atoms with Gasteiger partial charge in [-0.15, -0.1) is 22.7 Å². The number of rotatable bonds is 16. The molecular weight excluding hydrogens is 562 g/mol. The van der Waals surface area contributed by atoms with Gasteiger partial charge in [0.15, 0.2) is 0 Å². The molecule has 0 aliphatic rings. The first kappa shape index (κ1) is 29.2. The van der Waals surface area contributed by atoms with Crippen LogP contribution >= 0.6 is 38.6 Å². The second-order valence-electron chi connectivity index (χ2n) is 8.87. The van der Waals surface area contributed by atoms with E-state index in [4.69, 9.17) is 14.7 Å². The molecule has 0 N–H and O–H groups in total. The van der Waals surface area contributed by atoms with E-state index in [2.05, 4.69) is 84.4 Å². The molecule has 196 valence electrons. The Morgan fingerprint density at radius 3 is 1.73 bits per heavy atom. The molecule has 0 radical (unpaired) electrons. The maximum absolute atomic E-state index is 9.17. The van der Waals surface area contributed by atoms with Crippen LogP contribution in [-0.2, 0) is 0 Å². The fourth-order valence-electron chi connectivity index (χ4n) is 3.79. The minimum absolute atomic E-state index is 0.691. The van der Waals surface area contributed by atoms with Crippen LogP contribution in [0.15, 0.2) is 40.2 Å². The van der Waals surface area contributed by atoms with Gasteiger partial charge in [-0.1, -0.05) is 52.4 Å². The van der Waals surface area contributed by atoms with Crippen molar-refractivity contribution >= 4 is 62.9 Å². The Hall–Kier alpha value is -2.33. The van der Waals surface area contributed by atoms with Gasteiger partial charge in [0.25, 0.3) is 0 Å². The number of unbranched alkanes of at least 4 members (excludes halogenated alkanes) is 6. The van der Waals surface area contributed by atoms with Crippen molar-refractivity contribution in [2.24, 2.45) is 0 Å². The zero-order valence-corrected chi connectivity index (χ0v) is 25.0. The molecule has 0 amide bonds. The number of halogens is 1. The Balaban J connectivity index is 1.90. The van der Waals surface area contributed by atoms with Gasteiger partial charge in [0.05, 0.1) is 17.0 Å². The maximum Gasteiger partial charge on any atom is 0.127 e. The van der Waals surface area contributed by atoms with Gasteiger partial charge in [-0.25, -0.2) is 0 Å². The van der Waals surface area contributed by atoms with Crippen LogP contribution in [0.1, 0.15) is 91.0 Å². The molecule has 6 heteroatoms. The highest BCUT2D eigenvalue weighted by Crippen LogP contribution is 2.34. The number of nitrogens with zero attached hydrogens (tertiary/aromatic N) is 1. The molecule has 0 saturated heterocycles. The summed E-state index contributed by atoms with van der Waals surface area (Å²) in [4.78, 5) is 2.93. The van der Waals surface area contributed by atoms with Gasteiger partial charge in [0.2, 0.25) is 0 Å². The standard InChI is InChI=1S/C31H36BrNO2S2/c1-3-5-7-9-19-34-29-22-25(12-14-27-17-18-31(32)37-27)30(35-20-10-8-6-4-2)21-24(29)11-13-26-15-16-28(23-33)36-26/h11-18,21-22H,3-10,19-20H2,1-2H3/b13-11+,14-12+. The normalized spacial score (nSPS) is 11.4. The fourth-order valence-corrected chi connectivity index (χ4v) is 5.82. The van der Waals surface area contributed by atoms with Gasteiger partial charge in [0.1, 0.15) is 22.4 Å². The second-order valence-corrected chi connectivity index (χ2v) is 12.5. The molecule has 0 unspecified atom stereocenters. The average molecular weight is 599 g/mol. The van der Waals surface area contributed by atoms with Crippen LogP contribution < -0.4 is 9.47 Å². The van der Waals surface area contributed by atoms with Crippen molar-refractivity contribution in [3.05, 3.63) is 65.9 Å². The molecule has 0 aliphatic heterocycles. The van der Waals surface area contributed by atoms with E-state index >= 15 is 0 Å². The van der Waals surface area contributed by atoms with E-state index in [0.29, 0.717) is 18.1 Å². The Morgan fingerprint density at radius 1 is 0.730 bits per heavy atom. The van der Waals surface area contributed by atoms with Crippen LogP contribution in [-0.4, -0.2) is 13.2 Å². The topological polar surface area (TPSA) is 42.2 Å². The second kappa shape index (κ2) is 16.5. The number of ether oxygens (including phenoxy) is 2. The van der Waals surface area contributed by atoms with Crippen molar-refractivity contribution in [1.29, 1.82) is 5.26 Å². The molecule has 3 nitrogen and oxygen atoms in total. The molecule has 2 heterocycles. The molecule has 0 fully saturated rings. The highest BCUT2D eigenvalue weighted by Gasteiger charge is 2.11. The van der Waals surface area contributed by atoms with Gasteiger partial charge in [-0.3, -0.25) is 0 Å². The number of thiophene rings is 2. The highest BCUT2D eigenvalue weighted by molar-refractivity contribution is 9.11. The fraction of sp³-hybridized carbons (Fsp3) is 0.387. The Labute approximate surface area is 238 Å². The molecule has 37 heavy (non-hydrogen) atoms. The van der Waals surface area contributed by atoms with Crippen LogP contribution in [0.5, 0.6) is 11.5 Å². The first-order valence-electron chi connectivity index (χ1n) is 13.2. The van der Waals surface area contributed by atoms with E-state index in [1.807, 2.05) is 12.1 Å². The van der Waals surface area contributed by atoms with E-state index in [1.165, 1.54) is 54.7 Å². The van der Waals surface area contributed by atoms with Gasteiger partial charge in [-0.2, -0.15) is 5.26 Å². The van der Waals surface area contributed by atoms with Crippen LogP contribution in [0.4, 0.5) is 0 Å². The molecule has 3 aromatic rings. The smallest absolute Gasteiger partial charge is 0.127 e. The molecule has 3 rings (SSSR count). The third kappa shape index (κ3) is 10.2. The zero-order chi connectivity index (χ0) is 26.3. The van der Waals surface area contributed by atoms with Crippen LogP contribution in [0, 0.1) is 11.3 Å². The predicted molar refractivity (Wildman–Crippen MR) is 165 cm³/mol. The predicted octanol–water partition coefficient (Wildman–Crippen LogP) is 10.7.